The molecule has 3 aromatic carbocycles. The molecule has 1 spiro atoms. The molecule has 388 valence electrons. The van der Waals surface area contributed by atoms with Gasteiger partial charge in [0.25, 0.3) is 0 Å². The molecular weight excluding hydrogens is 963 g/mol. The molecule has 77 heavy (non-hydrogen) atoms. The number of hydrogen-bond donors (Lipinski definition) is 4. The Bertz CT molecular complexity index is 3910. The van der Waals surface area contributed by atoms with E-state index in [0.717, 1.165) is 67.7 Å². The van der Waals surface area contributed by atoms with E-state index in [1.807, 2.05) is 91.2 Å². The molecule has 6 aromatic rings. The van der Waals surface area contributed by atoms with Crippen LogP contribution in [0.4, 0.5) is 28.8 Å². The summed E-state index contributed by atoms with van der Waals surface area (Å²) in [5.74, 6) is 2.61. The number of hydrogen-bond acceptors (Lipinski definition) is 12. The first-order valence-corrected chi connectivity index (χ1v) is 26.6. The average Bonchev–Trinajstić information content (AvgIpc) is 3.70. The molecule has 1 unspecified atom stereocenters. The summed E-state index contributed by atoms with van der Waals surface area (Å²) in [5, 5.41) is 50.6. The highest BCUT2D eigenvalue weighted by Gasteiger charge is 2.59. The van der Waals surface area contributed by atoms with Gasteiger partial charge in [-0.3, -0.25) is 39.5 Å². The lowest BCUT2D eigenvalue weighted by molar-refractivity contribution is -0.119. The molecule has 3 atom stereocenters. The number of ketones is 3. The normalized spacial score (nSPS) is 25.2. The number of rotatable bonds is 4. The molecule has 0 amide bonds. The second kappa shape index (κ2) is 15.7. The highest BCUT2D eigenvalue weighted by atomic mass is 16.5. The van der Waals surface area contributed by atoms with Crippen LogP contribution in [0.1, 0.15) is 156 Å². The number of aryl methyl sites for hydroxylation is 3. The Hall–Kier alpha value is -8.30. The van der Waals surface area contributed by atoms with Crippen LogP contribution in [0.15, 0.2) is 94.5 Å². The maximum atomic E-state index is 15.3. The summed E-state index contributed by atoms with van der Waals surface area (Å²) in [6, 6.07) is 24.7. The van der Waals surface area contributed by atoms with Gasteiger partial charge < -0.3 is 10.1 Å². The molecule has 0 bridgehead atoms. The molecule has 0 radical (unpaired) electrons. The van der Waals surface area contributed by atoms with Gasteiger partial charge in [0.05, 0.1) is 38.7 Å². The maximum absolute atomic E-state index is 15.3. The quantitative estimate of drug-likeness (QED) is 0.130. The van der Waals surface area contributed by atoms with Crippen molar-refractivity contribution in [1.29, 1.82) is 10.5 Å². The number of anilines is 5. The minimum atomic E-state index is -1.13. The first-order chi connectivity index (χ1) is 36.5. The van der Waals surface area contributed by atoms with Gasteiger partial charge in [0.2, 0.25) is 0 Å². The topological polar surface area (TPSA) is 213 Å². The van der Waals surface area contributed by atoms with Crippen LogP contribution < -0.4 is 19.9 Å². The number of Topliss-reactive ketones (excluding diaryl/α,β-unsaturated/α-hetero) is 3. The monoisotopic (exact) mass is 1020 g/mol. The van der Waals surface area contributed by atoms with Gasteiger partial charge in [-0.15, -0.1) is 0 Å². The molecule has 0 saturated heterocycles. The number of H-pyrrole nitrogens is 3. The van der Waals surface area contributed by atoms with Gasteiger partial charge in [-0.1, -0.05) is 71.9 Å². The van der Waals surface area contributed by atoms with Crippen molar-refractivity contribution in [2.75, 3.05) is 21.7 Å². The zero-order chi connectivity index (χ0) is 54.3. The number of nitriles is 2. The molecule has 15 heteroatoms. The molecule has 15 nitrogen and oxygen atoms in total. The van der Waals surface area contributed by atoms with E-state index < -0.39 is 27.1 Å². The lowest BCUT2D eigenvalue weighted by Crippen LogP contribution is -2.47. The van der Waals surface area contributed by atoms with E-state index in [9.17, 15) is 20.1 Å². The molecule has 4 N–H and O–H groups in total. The van der Waals surface area contributed by atoms with Gasteiger partial charge >= 0.3 is 0 Å². The fourth-order valence-corrected chi connectivity index (χ4v) is 15.2. The fourth-order valence-electron chi connectivity index (χ4n) is 15.2. The number of nitrogens with one attached hydrogen (secondary N) is 4. The van der Waals surface area contributed by atoms with Gasteiger partial charge in [0, 0.05) is 92.4 Å². The van der Waals surface area contributed by atoms with E-state index >= 15 is 4.79 Å². The van der Waals surface area contributed by atoms with Crippen LogP contribution in [-0.2, 0) is 30.6 Å². The van der Waals surface area contributed by atoms with Crippen molar-refractivity contribution in [3.05, 3.63) is 156 Å². The first kappa shape index (κ1) is 48.3. The van der Waals surface area contributed by atoms with Crippen LogP contribution in [0.3, 0.4) is 0 Å². The Morgan fingerprint density at radius 3 is 1.64 bits per heavy atom. The predicted octanol–water partition coefficient (Wildman–Crippen LogP) is 11.5. The minimum Gasteiger partial charge on any atom is -0.492 e. The Labute approximate surface area is 447 Å². The molecule has 0 saturated carbocycles. The lowest BCUT2D eigenvalue weighted by atomic mass is 9.60. The molecule has 0 fully saturated rings. The van der Waals surface area contributed by atoms with Crippen molar-refractivity contribution in [3.8, 4) is 17.9 Å². The number of nitrogens with zero attached hydrogens (tertiary/aromatic N) is 7. The van der Waals surface area contributed by atoms with Crippen LogP contribution in [0, 0.1) is 59.7 Å². The summed E-state index contributed by atoms with van der Waals surface area (Å²) in [6.07, 6.45) is 2.71. The number of aromatic nitrogens is 6. The van der Waals surface area contributed by atoms with Crippen molar-refractivity contribution in [2.24, 2.45) is 16.2 Å². The third kappa shape index (κ3) is 6.40. The minimum absolute atomic E-state index is 0.0362. The first-order valence-electron chi connectivity index (χ1n) is 26.6. The molecule has 13 rings (SSSR count). The molecule has 3 aromatic heterocycles. The van der Waals surface area contributed by atoms with E-state index in [2.05, 4.69) is 93.2 Å². The van der Waals surface area contributed by atoms with E-state index in [1.54, 1.807) is 0 Å². The third-order valence-corrected chi connectivity index (χ3v) is 18.1. The van der Waals surface area contributed by atoms with Gasteiger partial charge in [-0.25, -0.2) is 0 Å². The summed E-state index contributed by atoms with van der Waals surface area (Å²) in [5.41, 5.74) is 9.23. The van der Waals surface area contributed by atoms with Crippen molar-refractivity contribution in [3.63, 3.8) is 0 Å². The Morgan fingerprint density at radius 2 is 1.04 bits per heavy atom. The summed E-state index contributed by atoms with van der Waals surface area (Å²) < 4.78 is 6.45. The predicted molar refractivity (Wildman–Crippen MR) is 291 cm³/mol. The van der Waals surface area contributed by atoms with Gasteiger partial charge in [-0.2, -0.15) is 25.8 Å². The zero-order valence-corrected chi connectivity index (χ0v) is 45.5. The number of benzene rings is 3. The molecule has 3 aliphatic carbocycles. The lowest BCUT2D eigenvalue weighted by Gasteiger charge is -2.48. The van der Waals surface area contributed by atoms with E-state index in [-0.39, 0.29) is 35.8 Å². The molecule has 7 aliphatic rings. The second-order valence-electron chi connectivity index (χ2n) is 25.4. The second-order valence-corrected chi connectivity index (χ2v) is 25.4. The summed E-state index contributed by atoms with van der Waals surface area (Å²) in [4.78, 5) is 48.7. The highest BCUT2D eigenvalue weighted by Crippen LogP contribution is 2.62. The van der Waals surface area contributed by atoms with Crippen LogP contribution >= 0.6 is 0 Å². The molecular formula is C62H61N11O4. The summed E-state index contributed by atoms with van der Waals surface area (Å²) >= 11 is 0. The standard InChI is InChI=1S/C62H61N11O4/c1-31-48-54(69-66-31)65-39-22-57(4,5)25-44(74)51(39)60(48,10)36-16-18-40(34(20-36)28-63)72-42-23-58(6,7)26-45(75)52(42)61(11,49-32(2)67-70-55(49)72)37-17-19-41(35(21-37)29-64)73-43-24-59(8,9)27-46(76)53(43)62(50-33(3)68-71-56(50)73)30-77-47-15-13-12-14-38(47)62/h12-21H,22-27,30H2,1-11H3,(H,67,70)(H,68,71)(H2,65,66,69)/t60-,61+,62?/m0/s1. The smallest absolute Gasteiger partial charge is 0.164 e. The largest absolute Gasteiger partial charge is 0.492 e. The van der Waals surface area contributed by atoms with Gasteiger partial charge in [-0.05, 0) is 112 Å². The Morgan fingerprint density at radius 1 is 0.558 bits per heavy atom. The number of allylic oxidation sites excluding steroid dienone is 5. The number of fused-ring (bicyclic) bond motifs is 7. The number of carbonyl (C=O) groups is 3. The van der Waals surface area contributed by atoms with Gasteiger partial charge in [0.15, 0.2) is 34.8 Å². The number of aromatic amines is 3. The van der Waals surface area contributed by atoms with Crippen molar-refractivity contribution in [1.82, 2.24) is 30.6 Å². The molecule has 4 aliphatic heterocycles. The van der Waals surface area contributed by atoms with E-state index in [0.29, 0.717) is 94.3 Å². The van der Waals surface area contributed by atoms with Crippen molar-refractivity contribution in [2.45, 2.75) is 131 Å². The van der Waals surface area contributed by atoms with Crippen LogP contribution in [0.25, 0.3) is 0 Å². The SMILES string of the molecule is Cc1[nH]nc2c1C1(COc3ccccc31)C1=C(CC(C)(C)CC1=O)N2c1ccc([C@@]2(C)C3=C(CC(C)(C)CC3=O)N(c3ccc([C@]4(C)C5=C(CC(C)(C)CC5=O)Nc5n[nH]c(C)c54)cc3C#N)c3n[nH]c(C)c32)cc1C#N. The number of ether oxygens (including phenoxy) is 1. The fraction of sp³-hybridized carbons (Fsp3) is 0.387. The summed E-state index contributed by atoms with van der Waals surface area (Å²) in [7, 11) is 0. The Kier molecular flexibility index (Phi) is 9.83. The summed E-state index contributed by atoms with van der Waals surface area (Å²) in [6.45, 7) is 22.8. The van der Waals surface area contributed by atoms with Crippen LogP contribution in [0.5, 0.6) is 5.75 Å². The number of para-hydroxylation sites is 1. The zero-order valence-electron chi connectivity index (χ0n) is 45.5. The Balaban J connectivity index is 0.986. The van der Waals surface area contributed by atoms with Crippen LogP contribution in [-0.4, -0.2) is 54.5 Å². The van der Waals surface area contributed by atoms with E-state index in [1.165, 1.54) is 0 Å². The van der Waals surface area contributed by atoms with Crippen molar-refractivity contribution < 1.29 is 19.1 Å². The number of carbonyl (C=O) groups excluding carboxylic acids is 3. The molecule has 7 heterocycles. The average molecular weight is 1020 g/mol. The van der Waals surface area contributed by atoms with Crippen LogP contribution in [0.2, 0.25) is 0 Å². The maximum Gasteiger partial charge on any atom is 0.164 e. The van der Waals surface area contributed by atoms with E-state index in [4.69, 9.17) is 14.9 Å². The highest BCUT2D eigenvalue weighted by molar-refractivity contribution is 6.07. The van der Waals surface area contributed by atoms with Crippen molar-refractivity contribution >= 4 is 46.2 Å². The third-order valence-electron chi connectivity index (χ3n) is 18.1. The van der Waals surface area contributed by atoms with Gasteiger partial charge in [0.1, 0.15) is 24.5 Å².